The van der Waals surface area contributed by atoms with E-state index < -0.39 is 5.92 Å². The van der Waals surface area contributed by atoms with Crippen LogP contribution < -0.4 is 20.3 Å². The standard InChI is InChI=1S/C24H25N3O4S/c1-14-5-7-15(8-6-14)13-32-24-26-23(29)21-18(12-20(28)25-22(21)27(24)2)17-10-9-16(30-3)11-19(17)31-4/h5-11,18H,12-13H2,1-4H3,(H,25,28). The van der Waals surface area contributed by atoms with Crippen LogP contribution in [0.5, 0.6) is 11.5 Å². The molecule has 1 atom stereocenters. The summed E-state index contributed by atoms with van der Waals surface area (Å²) in [5.74, 6) is 1.74. The number of aryl methyl sites for hydroxylation is 1. The molecule has 0 fully saturated rings. The van der Waals surface area contributed by atoms with Gasteiger partial charge in [-0.15, -0.1) is 0 Å². The summed E-state index contributed by atoms with van der Waals surface area (Å²) in [6, 6.07) is 13.6. The van der Waals surface area contributed by atoms with E-state index in [0.717, 1.165) is 11.1 Å². The van der Waals surface area contributed by atoms with E-state index in [0.29, 0.717) is 33.8 Å². The minimum Gasteiger partial charge on any atom is -0.497 e. The van der Waals surface area contributed by atoms with Crippen molar-refractivity contribution in [2.24, 2.45) is 7.05 Å². The molecule has 0 saturated carbocycles. The maximum absolute atomic E-state index is 13.2. The molecule has 2 heterocycles. The quantitative estimate of drug-likeness (QED) is 0.453. The summed E-state index contributed by atoms with van der Waals surface area (Å²) in [6.07, 6.45) is 0.141. The van der Waals surface area contributed by atoms with Crippen LogP contribution in [0.4, 0.5) is 5.82 Å². The van der Waals surface area contributed by atoms with Crippen LogP contribution >= 0.6 is 11.8 Å². The molecule has 2 aromatic carbocycles. The van der Waals surface area contributed by atoms with E-state index >= 15 is 0 Å². The number of amides is 1. The van der Waals surface area contributed by atoms with Crippen molar-refractivity contribution < 1.29 is 14.3 Å². The summed E-state index contributed by atoms with van der Waals surface area (Å²) in [4.78, 5) is 30.1. The largest absolute Gasteiger partial charge is 0.497 e. The number of carbonyl (C=O) groups excluding carboxylic acids is 1. The van der Waals surface area contributed by atoms with Crippen molar-refractivity contribution in [3.05, 3.63) is 75.1 Å². The average molecular weight is 452 g/mol. The maximum atomic E-state index is 13.2. The number of ether oxygens (including phenoxy) is 2. The van der Waals surface area contributed by atoms with Crippen molar-refractivity contribution in [3.8, 4) is 11.5 Å². The van der Waals surface area contributed by atoms with Crippen molar-refractivity contribution in [1.29, 1.82) is 0 Å². The lowest BCUT2D eigenvalue weighted by Gasteiger charge is -2.28. The molecule has 0 aliphatic carbocycles. The van der Waals surface area contributed by atoms with Crippen molar-refractivity contribution in [3.63, 3.8) is 0 Å². The monoisotopic (exact) mass is 451 g/mol. The third-order valence-corrected chi connectivity index (χ3v) is 6.71. The van der Waals surface area contributed by atoms with Gasteiger partial charge in [-0.25, -0.2) is 0 Å². The highest BCUT2D eigenvalue weighted by Crippen LogP contribution is 2.40. The third kappa shape index (κ3) is 4.23. The van der Waals surface area contributed by atoms with E-state index in [1.54, 1.807) is 30.9 Å². The summed E-state index contributed by atoms with van der Waals surface area (Å²) in [7, 11) is 4.95. The van der Waals surface area contributed by atoms with E-state index in [4.69, 9.17) is 9.47 Å². The fraction of sp³-hybridized carbons (Fsp3) is 0.292. The lowest BCUT2D eigenvalue weighted by molar-refractivity contribution is -0.116. The number of thioether (sulfide) groups is 1. The Bertz CT molecular complexity index is 1220. The lowest BCUT2D eigenvalue weighted by atomic mass is 9.86. The van der Waals surface area contributed by atoms with E-state index in [1.165, 1.54) is 17.3 Å². The normalized spacial score (nSPS) is 15.1. The summed E-state index contributed by atoms with van der Waals surface area (Å²) in [5.41, 5.74) is 3.21. The highest BCUT2D eigenvalue weighted by Gasteiger charge is 2.33. The Balaban J connectivity index is 1.73. The Kier molecular flexibility index (Phi) is 6.23. The highest BCUT2D eigenvalue weighted by atomic mass is 32.2. The van der Waals surface area contributed by atoms with Crippen LogP contribution in [0.25, 0.3) is 0 Å². The van der Waals surface area contributed by atoms with Gasteiger partial charge in [0, 0.05) is 36.8 Å². The Morgan fingerprint density at radius 3 is 2.56 bits per heavy atom. The van der Waals surface area contributed by atoms with Crippen LogP contribution in [-0.2, 0) is 17.6 Å². The first-order valence-electron chi connectivity index (χ1n) is 10.2. The molecule has 0 saturated heterocycles. The number of hydrogen-bond acceptors (Lipinski definition) is 6. The Labute approximate surface area is 190 Å². The fourth-order valence-electron chi connectivity index (χ4n) is 3.87. The first-order chi connectivity index (χ1) is 15.4. The second-order valence-electron chi connectivity index (χ2n) is 7.71. The molecular formula is C24H25N3O4S. The van der Waals surface area contributed by atoms with Crippen molar-refractivity contribution in [2.45, 2.75) is 30.2 Å². The fourth-order valence-corrected chi connectivity index (χ4v) is 4.79. The van der Waals surface area contributed by atoms with Gasteiger partial charge in [0.15, 0.2) is 5.16 Å². The number of benzene rings is 2. The minimum absolute atomic E-state index is 0.141. The van der Waals surface area contributed by atoms with Gasteiger partial charge in [0.25, 0.3) is 5.56 Å². The number of rotatable bonds is 6. The molecule has 8 heteroatoms. The maximum Gasteiger partial charge on any atom is 0.279 e. The summed E-state index contributed by atoms with van der Waals surface area (Å²) in [6.45, 7) is 2.04. The molecule has 3 aromatic rings. The van der Waals surface area contributed by atoms with Gasteiger partial charge in [0.05, 0.1) is 19.8 Å². The summed E-state index contributed by atoms with van der Waals surface area (Å²) < 4.78 is 12.6. The van der Waals surface area contributed by atoms with Crippen LogP contribution in [0.2, 0.25) is 0 Å². The zero-order valence-electron chi connectivity index (χ0n) is 18.5. The third-order valence-electron chi connectivity index (χ3n) is 5.61. The number of hydrogen-bond donors (Lipinski definition) is 1. The first-order valence-corrected chi connectivity index (χ1v) is 11.2. The molecule has 1 aliphatic heterocycles. The van der Waals surface area contributed by atoms with Gasteiger partial charge in [0.2, 0.25) is 5.91 Å². The minimum atomic E-state index is -0.457. The molecule has 0 radical (unpaired) electrons. The zero-order valence-corrected chi connectivity index (χ0v) is 19.3. The molecule has 32 heavy (non-hydrogen) atoms. The summed E-state index contributed by atoms with van der Waals surface area (Å²) in [5, 5.41) is 3.43. The molecule has 4 rings (SSSR count). The Morgan fingerprint density at radius 2 is 1.88 bits per heavy atom. The SMILES string of the molecule is COc1ccc(C2CC(=O)Nc3c2c(=O)nc(SCc2ccc(C)cc2)n3C)c(OC)c1. The number of fused-ring (bicyclic) bond motifs is 1. The van der Waals surface area contributed by atoms with Crippen LogP contribution in [0, 0.1) is 6.92 Å². The van der Waals surface area contributed by atoms with Gasteiger partial charge < -0.3 is 19.4 Å². The first kappa shape index (κ1) is 22.0. The molecule has 0 spiro atoms. The molecule has 1 amide bonds. The van der Waals surface area contributed by atoms with Crippen LogP contribution in [0.3, 0.4) is 0 Å². The second kappa shape index (κ2) is 9.08. The Hall–Kier alpha value is -3.26. The molecule has 1 N–H and O–H groups in total. The number of nitrogens with zero attached hydrogens (tertiary/aromatic N) is 2. The number of aromatic nitrogens is 2. The topological polar surface area (TPSA) is 82.5 Å². The lowest BCUT2D eigenvalue weighted by Crippen LogP contribution is -2.33. The van der Waals surface area contributed by atoms with E-state index in [1.807, 2.05) is 20.0 Å². The average Bonchev–Trinajstić information content (AvgIpc) is 2.80. The predicted octanol–water partition coefficient (Wildman–Crippen LogP) is 3.87. The van der Waals surface area contributed by atoms with Gasteiger partial charge in [0.1, 0.15) is 17.3 Å². The smallest absolute Gasteiger partial charge is 0.279 e. The van der Waals surface area contributed by atoms with Crippen LogP contribution in [0.15, 0.2) is 52.4 Å². The number of methoxy groups -OCH3 is 2. The molecular weight excluding hydrogens is 426 g/mol. The molecule has 1 unspecified atom stereocenters. The number of carbonyl (C=O) groups is 1. The van der Waals surface area contributed by atoms with Gasteiger partial charge in [-0.05, 0) is 18.6 Å². The predicted molar refractivity (Wildman–Crippen MR) is 125 cm³/mol. The highest BCUT2D eigenvalue weighted by molar-refractivity contribution is 7.98. The molecule has 1 aromatic heterocycles. The Morgan fingerprint density at radius 1 is 1.12 bits per heavy atom. The van der Waals surface area contributed by atoms with Gasteiger partial charge >= 0.3 is 0 Å². The van der Waals surface area contributed by atoms with Crippen molar-refractivity contribution >= 4 is 23.5 Å². The summed E-state index contributed by atoms with van der Waals surface area (Å²) >= 11 is 1.46. The van der Waals surface area contributed by atoms with E-state index in [-0.39, 0.29) is 17.9 Å². The molecule has 1 aliphatic rings. The molecule has 7 nitrogen and oxygen atoms in total. The van der Waals surface area contributed by atoms with Gasteiger partial charge in [-0.3, -0.25) is 9.59 Å². The zero-order chi connectivity index (χ0) is 22.8. The number of nitrogens with one attached hydrogen (secondary N) is 1. The molecule has 0 bridgehead atoms. The number of anilines is 1. The van der Waals surface area contributed by atoms with Crippen molar-refractivity contribution in [1.82, 2.24) is 9.55 Å². The van der Waals surface area contributed by atoms with E-state index in [9.17, 15) is 9.59 Å². The second-order valence-corrected chi connectivity index (χ2v) is 8.65. The molecule has 166 valence electrons. The van der Waals surface area contributed by atoms with Crippen LogP contribution in [-0.4, -0.2) is 29.7 Å². The van der Waals surface area contributed by atoms with Gasteiger partial charge in [-0.2, -0.15) is 4.98 Å². The van der Waals surface area contributed by atoms with Crippen molar-refractivity contribution in [2.75, 3.05) is 19.5 Å². The van der Waals surface area contributed by atoms with E-state index in [2.05, 4.69) is 34.6 Å². The van der Waals surface area contributed by atoms with Crippen LogP contribution in [0.1, 0.15) is 34.6 Å². The van der Waals surface area contributed by atoms with Gasteiger partial charge in [-0.1, -0.05) is 47.7 Å².